The van der Waals surface area contributed by atoms with E-state index < -0.39 is 10.8 Å². The lowest BCUT2D eigenvalue weighted by Crippen LogP contribution is -2.16. The maximum Gasteiger partial charge on any atom is 0.307 e. The zero-order valence-corrected chi connectivity index (χ0v) is 15.7. The number of hydrogen-bond donors (Lipinski definition) is 1. The van der Waals surface area contributed by atoms with Crippen LogP contribution in [-0.2, 0) is 0 Å². The molecule has 0 bridgehead atoms. The van der Waals surface area contributed by atoms with Crippen LogP contribution in [0, 0.1) is 10.1 Å². The fourth-order valence-corrected chi connectivity index (χ4v) is 2.87. The van der Waals surface area contributed by atoms with Crippen LogP contribution in [-0.4, -0.2) is 24.2 Å². The van der Waals surface area contributed by atoms with Crippen LogP contribution in [0.5, 0.6) is 5.75 Å². The average Bonchev–Trinajstić information content (AvgIpc) is 3.40. The minimum Gasteiger partial charge on any atom is -0.496 e. The molecule has 0 spiro atoms. The van der Waals surface area contributed by atoms with Gasteiger partial charge >= 0.3 is 5.91 Å². The number of nitrogens with one attached hydrogen (secondary N) is 1. The van der Waals surface area contributed by atoms with Crippen molar-refractivity contribution in [2.24, 2.45) is 5.10 Å². The van der Waals surface area contributed by atoms with Gasteiger partial charge in [0.05, 0.1) is 23.8 Å². The third-order valence-electron chi connectivity index (χ3n) is 4.29. The molecule has 2 aromatic heterocycles. The molecule has 0 saturated carbocycles. The maximum absolute atomic E-state index is 12.2. The number of hydrogen-bond acceptors (Lipinski definition) is 7. The summed E-state index contributed by atoms with van der Waals surface area (Å²) in [6.45, 7) is 0. The summed E-state index contributed by atoms with van der Waals surface area (Å²) in [4.78, 5) is 22.7. The second kappa shape index (κ2) is 7.92. The lowest BCUT2D eigenvalue weighted by atomic mass is 10.1. The number of carbonyl (C=O) groups excluding carboxylic acids is 1. The van der Waals surface area contributed by atoms with Crippen molar-refractivity contribution in [3.05, 3.63) is 82.3 Å². The predicted octanol–water partition coefficient (Wildman–Crippen LogP) is 4.37. The largest absolute Gasteiger partial charge is 0.496 e. The molecule has 0 unspecified atom stereocenters. The molecule has 150 valence electrons. The molecule has 0 aliphatic heterocycles. The number of benzene rings is 2. The Labute approximate surface area is 169 Å². The molecule has 4 aromatic rings. The predicted molar refractivity (Wildman–Crippen MR) is 109 cm³/mol. The molecule has 4 rings (SSSR count). The van der Waals surface area contributed by atoms with Gasteiger partial charge in [-0.1, -0.05) is 18.2 Å². The van der Waals surface area contributed by atoms with E-state index in [-0.39, 0.29) is 11.4 Å². The summed E-state index contributed by atoms with van der Waals surface area (Å²) in [5.74, 6) is 0.755. The van der Waals surface area contributed by atoms with E-state index in [1.54, 1.807) is 24.3 Å². The van der Waals surface area contributed by atoms with E-state index in [4.69, 9.17) is 13.6 Å². The van der Waals surface area contributed by atoms with Crippen LogP contribution in [0.2, 0.25) is 0 Å². The zero-order valence-electron chi connectivity index (χ0n) is 15.7. The smallest absolute Gasteiger partial charge is 0.307 e. The van der Waals surface area contributed by atoms with Crippen LogP contribution >= 0.6 is 0 Å². The number of ether oxygens (including phenoxy) is 1. The van der Waals surface area contributed by atoms with Crippen molar-refractivity contribution < 1.29 is 23.3 Å². The molecule has 30 heavy (non-hydrogen) atoms. The van der Waals surface area contributed by atoms with Crippen molar-refractivity contribution in [3.63, 3.8) is 0 Å². The molecule has 0 atom stereocenters. The Bertz CT molecular complexity index is 1240. The van der Waals surface area contributed by atoms with Gasteiger partial charge in [0.2, 0.25) is 0 Å². The summed E-state index contributed by atoms with van der Waals surface area (Å²) in [5.41, 5.74) is 3.31. The standard InChI is InChI=1S/C21H15N3O6/c1-28-18-8-6-14(24(26)27)11-16(18)19-9-7-15(29-19)12-22-23-21(25)20-10-13-4-2-3-5-17(13)30-20/h2-12H,1H3,(H,23,25)/b22-12+. The van der Waals surface area contributed by atoms with Gasteiger partial charge in [-0.25, -0.2) is 5.43 Å². The number of amides is 1. The van der Waals surface area contributed by atoms with Gasteiger partial charge in [-0.05, 0) is 30.3 Å². The third-order valence-corrected chi connectivity index (χ3v) is 4.29. The number of fused-ring (bicyclic) bond motifs is 1. The van der Waals surface area contributed by atoms with Gasteiger partial charge in [0.15, 0.2) is 5.76 Å². The fourth-order valence-electron chi connectivity index (χ4n) is 2.87. The summed E-state index contributed by atoms with van der Waals surface area (Å²) in [6, 6.07) is 16.3. The van der Waals surface area contributed by atoms with Gasteiger partial charge in [0.1, 0.15) is 22.9 Å². The highest BCUT2D eigenvalue weighted by atomic mass is 16.6. The first-order valence-electron chi connectivity index (χ1n) is 8.80. The van der Waals surface area contributed by atoms with Crippen molar-refractivity contribution in [1.82, 2.24) is 5.43 Å². The maximum atomic E-state index is 12.2. The van der Waals surface area contributed by atoms with Crippen molar-refractivity contribution in [2.45, 2.75) is 0 Å². The van der Waals surface area contributed by atoms with Crippen LogP contribution in [0.15, 0.2) is 74.6 Å². The van der Waals surface area contributed by atoms with Crippen LogP contribution < -0.4 is 10.2 Å². The number of methoxy groups -OCH3 is 1. The molecule has 9 heteroatoms. The Morgan fingerprint density at radius 2 is 1.97 bits per heavy atom. The van der Waals surface area contributed by atoms with Gasteiger partial charge < -0.3 is 13.6 Å². The Morgan fingerprint density at radius 1 is 1.13 bits per heavy atom. The fraction of sp³-hybridized carbons (Fsp3) is 0.0476. The average molecular weight is 405 g/mol. The van der Waals surface area contributed by atoms with Crippen LogP contribution in [0.3, 0.4) is 0 Å². The number of nitro groups is 1. The summed E-state index contributed by atoms with van der Waals surface area (Å²) in [5, 5.41) is 15.7. The molecule has 0 radical (unpaired) electrons. The number of furan rings is 2. The van der Waals surface area contributed by atoms with Crippen molar-refractivity contribution in [1.29, 1.82) is 0 Å². The first-order valence-corrected chi connectivity index (χ1v) is 8.80. The van der Waals surface area contributed by atoms with Crippen LogP contribution in [0.25, 0.3) is 22.3 Å². The normalized spacial score (nSPS) is 11.1. The number of rotatable bonds is 6. The van der Waals surface area contributed by atoms with E-state index in [0.717, 1.165) is 5.39 Å². The molecule has 0 aliphatic rings. The summed E-state index contributed by atoms with van der Waals surface area (Å²) >= 11 is 0. The van der Waals surface area contributed by atoms with Crippen molar-refractivity contribution >= 4 is 28.8 Å². The topological polar surface area (TPSA) is 120 Å². The van der Waals surface area contributed by atoms with Gasteiger partial charge in [-0.15, -0.1) is 0 Å². The van der Waals surface area contributed by atoms with Gasteiger partial charge in [-0.2, -0.15) is 5.10 Å². The highest BCUT2D eigenvalue weighted by Crippen LogP contribution is 2.34. The van der Waals surface area contributed by atoms with E-state index >= 15 is 0 Å². The van der Waals surface area contributed by atoms with Gasteiger partial charge in [0, 0.05) is 17.5 Å². The number of nitrogens with zero attached hydrogens (tertiary/aromatic N) is 2. The monoisotopic (exact) mass is 405 g/mol. The van der Waals surface area contributed by atoms with Crippen LogP contribution in [0.1, 0.15) is 16.3 Å². The van der Waals surface area contributed by atoms with Gasteiger partial charge in [0.25, 0.3) is 5.69 Å². The molecular weight excluding hydrogens is 390 g/mol. The minimum atomic E-state index is -0.505. The molecule has 9 nitrogen and oxygen atoms in total. The molecule has 0 fully saturated rings. The first kappa shape index (κ1) is 18.9. The second-order valence-electron chi connectivity index (χ2n) is 6.19. The highest BCUT2D eigenvalue weighted by Gasteiger charge is 2.16. The second-order valence-corrected chi connectivity index (χ2v) is 6.19. The summed E-state index contributed by atoms with van der Waals surface area (Å²) in [7, 11) is 1.46. The number of para-hydroxylation sites is 1. The third kappa shape index (κ3) is 3.76. The summed E-state index contributed by atoms with van der Waals surface area (Å²) in [6.07, 6.45) is 1.31. The van der Waals surface area contributed by atoms with Crippen molar-refractivity contribution in [3.8, 4) is 17.1 Å². The van der Waals surface area contributed by atoms with Crippen LogP contribution in [0.4, 0.5) is 5.69 Å². The quantitative estimate of drug-likeness (QED) is 0.289. The van der Waals surface area contributed by atoms with E-state index in [1.165, 1.54) is 31.5 Å². The van der Waals surface area contributed by atoms with E-state index in [1.807, 2.05) is 18.2 Å². The molecular formula is C21H15N3O6. The summed E-state index contributed by atoms with van der Waals surface area (Å²) < 4.78 is 16.4. The van der Waals surface area contributed by atoms with E-state index in [2.05, 4.69) is 10.5 Å². The lowest BCUT2D eigenvalue weighted by Gasteiger charge is -2.05. The van der Waals surface area contributed by atoms with E-state index in [0.29, 0.717) is 28.4 Å². The molecule has 0 saturated heterocycles. The molecule has 1 N–H and O–H groups in total. The molecule has 0 aliphatic carbocycles. The Morgan fingerprint density at radius 3 is 2.73 bits per heavy atom. The Kier molecular flexibility index (Phi) is 5.00. The van der Waals surface area contributed by atoms with E-state index in [9.17, 15) is 14.9 Å². The number of hydrazone groups is 1. The first-order chi connectivity index (χ1) is 14.5. The minimum absolute atomic E-state index is 0.0875. The van der Waals surface area contributed by atoms with Gasteiger partial charge in [-0.3, -0.25) is 14.9 Å². The zero-order chi connectivity index (χ0) is 21.1. The number of nitro benzene ring substituents is 1. The SMILES string of the molecule is COc1ccc([N+](=O)[O-])cc1-c1ccc(/C=N/NC(=O)c2cc3ccccc3o2)o1. The lowest BCUT2D eigenvalue weighted by molar-refractivity contribution is -0.384. The molecule has 2 aromatic carbocycles. The number of carbonyl (C=O) groups is 1. The highest BCUT2D eigenvalue weighted by molar-refractivity contribution is 5.96. The Balaban J connectivity index is 1.49. The molecule has 2 heterocycles. The number of non-ortho nitro benzene ring substituents is 1. The molecule has 1 amide bonds. The Hall–Kier alpha value is -4.40. The van der Waals surface area contributed by atoms with Crippen molar-refractivity contribution in [2.75, 3.05) is 7.11 Å².